The zero-order valence-electron chi connectivity index (χ0n) is 17.8. The summed E-state index contributed by atoms with van der Waals surface area (Å²) in [5, 5.41) is 0.286. The van der Waals surface area contributed by atoms with Gasteiger partial charge in [-0.25, -0.2) is 17.6 Å². The standard InChI is InChI=1S/C24H24F4N2O2S/c25-16-5-1-3-14(11-16)18-6-2-4-15(21(18)26)12-19-22(29-33-17-7-8-17)24(27,28)13-30(19)23(31)20-9-10-32-20/h1-6,11,17,19-20,22,29H,7-10,12-13H2/t19-,20?,22+/m0/s1. The van der Waals surface area contributed by atoms with Gasteiger partial charge in [0, 0.05) is 17.2 Å². The maximum Gasteiger partial charge on any atom is 0.283 e. The molecule has 176 valence electrons. The smallest absolute Gasteiger partial charge is 0.283 e. The molecule has 1 amide bonds. The molecule has 4 nitrogen and oxygen atoms in total. The van der Waals surface area contributed by atoms with E-state index in [0.29, 0.717) is 18.6 Å². The van der Waals surface area contributed by atoms with Crippen LogP contribution in [0.1, 0.15) is 24.8 Å². The van der Waals surface area contributed by atoms with Crippen LogP contribution in [0.2, 0.25) is 0 Å². The Hall–Kier alpha value is -2.10. The first-order valence-electron chi connectivity index (χ1n) is 11.1. The quantitative estimate of drug-likeness (QED) is 0.466. The Morgan fingerprint density at radius 3 is 2.58 bits per heavy atom. The minimum Gasteiger partial charge on any atom is -0.368 e. The fourth-order valence-electron chi connectivity index (χ4n) is 4.35. The van der Waals surface area contributed by atoms with Gasteiger partial charge in [0.2, 0.25) is 0 Å². The van der Waals surface area contributed by atoms with E-state index in [0.717, 1.165) is 17.7 Å². The van der Waals surface area contributed by atoms with E-state index in [4.69, 9.17) is 4.74 Å². The molecular weight excluding hydrogens is 456 g/mol. The lowest BCUT2D eigenvalue weighted by Gasteiger charge is -2.34. The van der Waals surface area contributed by atoms with Crippen molar-refractivity contribution in [3.05, 3.63) is 59.7 Å². The number of hydrogen-bond acceptors (Lipinski definition) is 4. The molecule has 2 heterocycles. The number of carbonyl (C=O) groups excluding carboxylic acids is 1. The summed E-state index contributed by atoms with van der Waals surface area (Å²) < 4.78 is 67.5. The molecule has 3 fully saturated rings. The first-order valence-corrected chi connectivity index (χ1v) is 12.0. The van der Waals surface area contributed by atoms with Crippen molar-refractivity contribution in [2.24, 2.45) is 0 Å². The van der Waals surface area contributed by atoms with E-state index >= 15 is 13.2 Å². The summed E-state index contributed by atoms with van der Waals surface area (Å²) in [4.78, 5) is 14.1. The van der Waals surface area contributed by atoms with Crippen LogP contribution in [0.3, 0.4) is 0 Å². The molecule has 1 aliphatic carbocycles. The van der Waals surface area contributed by atoms with Crippen LogP contribution in [-0.2, 0) is 16.0 Å². The molecule has 5 rings (SSSR count). The Kier molecular flexibility index (Phi) is 6.13. The van der Waals surface area contributed by atoms with E-state index in [-0.39, 0.29) is 22.8 Å². The highest BCUT2D eigenvalue weighted by molar-refractivity contribution is 7.98. The molecule has 33 heavy (non-hydrogen) atoms. The highest BCUT2D eigenvalue weighted by Crippen LogP contribution is 2.40. The Balaban J connectivity index is 1.46. The molecule has 3 aliphatic rings. The second-order valence-corrected chi connectivity index (χ2v) is 9.99. The largest absolute Gasteiger partial charge is 0.368 e. The number of likely N-dealkylation sites (tertiary alicyclic amines) is 1. The Morgan fingerprint density at radius 1 is 1.15 bits per heavy atom. The van der Waals surface area contributed by atoms with Gasteiger partial charge in [0.15, 0.2) is 0 Å². The Labute approximate surface area is 193 Å². The van der Waals surface area contributed by atoms with Gasteiger partial charge < -0.3 is 9.64 Å². The van der Waals surface area contributed by atoms with Gasteiger partial charge >= 0.3 is 0 Å². The lowest BCUT2D eigenvalue weighted by atomic mass is 9.95. The predicted molar refractivity (Wildman–Crippen MR) is 118 cm³/mol. The van der Waals surface area contributed by atoms with E-state index < -0.39 is 48.2 Å². The SMILES string of the molecule is O=C(C1CCO1)N1CC(F)(F)[C@H](NSC2CC2)[C@@H]1Cc1cccc(-c2cccc(F)c2)c1F. The average molecular weight is 481 g/mol. The van der Waals surface area contributed by atoms with E-state index in [1.165, 1.54) is 42.3 Å². The number of carbonyl (C=O) groups is 1. The van der Waals surface area contributed by atoms with Gasteiger partial charge in [-0.1, -0.05) is 42.3 Å². The highest BCUT2D eigenvalue weighted by Gasteiger charge is 2.57. The van der Waals surface area contributed by atoms with E-state index in [2.05, 4.69) is 4.72 Å². The van der Waals surface area contributed by atoms with Crippen molar-refractivity contribution < 1.29 is 27.1 Å². The van der Waals surface area contributed by atoms with Crippen LogP contribution in [-0.4, -0.2) is 53.3 Å². The molecule has 2 saturated heterocycles. The highest BCUT2D eigenvalue weighted by atomic mass is 32.2. The molecule has 2 aliphatic heterocycles. The maximum absolute atomic E-state index is 15.5. The second-order valence-electron chi connectivity index (χ2n) is 8.85. The summed E-state index contributed by atoms with van der Waals surface area (Å²) in [5.41, 5.74) is 0.754. The van der Waals surface area contributed by atoms with Crippen LogP contribution >= 0.6 is 11.9 Å². The monoisotopic (exact) mass is 480 g/mol. The van der Waals surface area contributed by atoms with Crippen molar-refractivity contribution in [3.8, 4) is 11.1 Å². The first-order chi connectivity index (χ1) is 15.8. The van der Waals surface area contributed by atoms with Gasteiger partial charge in [-0.2, -0.15) is 0 Å². The van der Waals surface area contributed by atoms with Crippen LogP contribution in [0, 0.1) is 11.6 Å². The van der Waals surface area contributed by atoms with Crippen molar-refractivity contribution in [1.82, 2.24) is 9.62 Å². The number of halogens is 4. The van der Waals surface area contributed by atoms with Crippen LogP contribution < -0.4 is 4.72 Å². The molecule has 3 atom stereocenters. The summed E-state index contributed by atoms with van der Waals surface area (Å²) in [5.74, 6) is -4.73. The number of rotatable bonds is 7. The van der Waals surface area contributed by atoms with Gasteiger partial charge in [-0.3, -0.25) is 9.52 Å². The molecule has 9 heteroatoms. The second kappa shape index (κ2) is 8.92. The molecule has 2 aromatic carbocycles. The number of hydrogen-bond donors (Lipinski definition) is 1. The topological polar surface area (TPSA) is 41.6 Å². The fraction of sp³-hybridized carbons (Fsp3) is 0.458. The summed E-state index contributed by atoms with van der Waals surface area (Å²) in [6, 6.07) is 8.00. The summed E-state index contributed by atoms with van der Waals surface area (Å²) >= 11 is 1.27. The van der Waals surface area contributed by atoms with Crippen LogP contribution in [0.25, 0.3) is 11.1 Å². The predicted octanol–water partition coefficient (Wildman–Crippen LogP) is 4.58. The Morgan fingerprint density at radius 2 is 1.91 bits per heavy atom. The summed E-state index contributed by atoms with van der Waals surface area (Å²) in [7, 11) is 0. The van der Waals surface area contributed by atoms with Crippen LogP contribution in [0.15, 0.2) is 42.5 Å². The fourth-order valence-corrected chi connectivity index (χ4v) is 5.39. The number of amides is 1. The van der Waals surface area contributed by atoms with Gasteiger partial charge in [-0.05, 0) is 42.5 Å². The third-order valence-electron chi connectivity index (χ3n) is 6.41. The molecule has 0 radical (unpaired) electrons. The minimum absolute atomic E-state index is 0.0913. The minimum atomic E-state index is -3.16. The molecule has 0 spiro atoms. The van der Waals surface area contributed by atoms with Gasteiger partial charge in [0.25, 0.3) is 11.8 Å². The van der Waals surface area contributed by atoms with E-state index in [1.807, 2.05) is 0 Å². The normalized spacial score (nSPS) is 26.3. The molecule has 0 bridgehead atoms. The van der Waals surface area contributed by atoms with E-state index in [9.17, 15) is 9.18 Å². The Bertz CT molecular complexity index is 1040. The summed E-state index contributed by atoms with van der Waals surface area (Å²) in [6.45, 7) is -0.306. The van der Waals surface area contributed by atoms with Crippen molar-refractivity contribution in [1.29, 1.82) is 0 Å². The number of ether oxygens (including phenoxy) is 1. The number of alkyl halides is 2. The van der Waals surface area contributed by atoms with Gasteiger partial charge in [0.05, 0.1) is 19.2 Å². The molecule has 0 aromatic heterocycles. The number of nitrogens with zero attached hydrogens (tertiary/aromatic N) is 1. The maximum atomic E-state index is 15.5. The van der Waals surface area contributed by atoms with Crippen LogP contribution in [0.5, 0.6) is 0 Å². The van der Waals surface area contributed by atoms with Crippen molar-refractivity contribution in [3.63, 3.8) is 0 Å². The van der Waals surface area contributed by atoms with Crippen molar-refractivity contribution >= 4 is 17.9 Å². The van der Waals surface area contributed by atoms with Gasteiger partial charge in [0.1, 0.15) is 23.8 Å². The number of benzene rings is 2. The van der Waals surface area contributed by atoms with Crippen LogP contribution in [0.4, 0.5) is 17.6 Å². The lowest BCUT2D eigenvalue weighted by Crippen LogP contribution is -2.51. The number of nitrogens with one attached hydrogen (secondary N) is 1. The van der Waals surface area contributed by atoms with E-state index in [1.54, 1.807) is 12.1 Å². The molecular formula is C24H24F4N2O2S. The average Bonchev–Trinajstić information content (AvgIpc) is 3.51. The molecule has 1 N–H and O–H groups in total. The first kappa shape index (κ1) is 22.7. The molecule has 2 aromatic rings. The van der Waals surface area contributed by atoms with Crippen molar-refractivity contribution in [2.75, 3.05) is 13.2 Å². The molecule has 1 unspecified atom stereocenters. The summed E-state index contributed by atoms with van der Waals surface area (Å²) in [6.07, 6.45) is 1.60. The van der Waals surface area contributed by atoms with Crippen molar-refractivity contribution in [2.45, 2.75) is 55.0 Å². The van der Waals surface area contributed by atoms with Gasteiger partial charge in [-0.15, -0.1) is 0 Å². The third kappa shape index (κ3) is 4.63. The zero-order valence-corrected chi connectivity index (χ0v) is 18.6. The molecule has 1 saturated carbocycles. The zero-order chi connectivity index (χ0) is 23.2. The third-order valence-corrected chi connectivity index (χ3v) is 7.60. The lowest BCUT2D eigenvalue weighted by molar-refractivity contribution is -0.158.